The van der Waals surface area contributed by atoms with Crippen LogP contribution in [0.1, 0.15) is 37.2 Å². The molecule has 4 N–H and O–H groups in total. The van der Waals surface area contributed by atoms with E-state index in [0.29, 0.717) is 31.0 Å². The third-order valence-electron chi connectivity index (χ3n) is 7.12. The zero-order chi connectivity index (χ0) is 24.5. The van der Waals surface area contributed by atoms with Gasteiger partial charge in [-0.1, -0.05) is 30.7 Å². The lowest BCUT2D eigenvalue weighted by molar-refractivity contribution is -0.130. The standard InChI is InChI=1S/C25H32N8O2/c1-3-20(34)31-12-13-32(15-31)25-30-21(22-23(26)28-10-11-33(22)25)17-7-8-18(16(2)14-17)29-24(35)19-6-4-5-9-27-19/h4-7,9-11,14,18,21-22,25,30H,3,8,12-13,15H2,1-2H3,(H2,26,28)(H,29,35). The molecular weight excluding hydrogens is 444 g/mol. The first kappa shape index (κ1) is 23.3. The van der Waals surface area contributed by atoms with Gasteiger partial charge in [0.25, 0.3) is 5.91 Å². The fraction of sp³-hybridized carbons (Fsp3) is 0.440. The van der Waals surface area contributed by atoms with Crippen molar-refractivity contribution in [3.05, 3.63) is 65.8 Å². The van der Waals surface area contributed by atoms with Crippen molar-refractivity contribution in [1.29, 1.82) is 0 Å². The number of rotatable bonds is 5. The number of nitrogens with zero attached hydrogens (tertiary/aromatic N) is 5. The van der Waals surface area contributed by atoms with Crippen LogP contribution in [0.5, 0.6) is 0 Å². The van der Waals surface area contributed by atoms with Crippen molar-refractivity contribution in [2.75, 3.05) is 19.8 Å². The number of hydrogen-bond acceptors (Lipinski definition) is 8. The highest BCUT2D eigenvalue weighted by Crippen LogP contribution is 2.31. The molecule has 0 aromatic carbocycles. The summed E-state index contributed by atoms with van der Waals surface area (Å²) in [4.78, 5) is 39.7. The minimum Gasteiger partial charge on any atom is -0.385 e. The normalized spacial score (nSPS) is 28.3. The minimum absolute atomic E-state index is 0.0629. The molecule has 2 fully saturated rings. The van der Waals surface area contributed by atoms with Gasteiger partial charge in [0, 0.05) is 38.1 Å². The molecule has 1 aromatic heterocycles. The van der Waals surface area contributed by atoms with Crippen molar-refractivity contribution in [2.24, 2.45) is 10.7 Å². The maximum absolute atomic E-state index is 12.6. The number of fused-ring (bicyclic) bond motifs is 1. The Morgan fingerprint density at radius 2 is 2.14 bits per heavy atom. The Labute approximate surface area is 205 Å². The summed E-state index contributed by atoms with van der Waals surface area (Å²) >= 11 is 0. The van der Waals surface area contributed by atoms with Crippen molar-refractivity contribution in [3.8, 4) is 0 Å². The zero-order valence-corrected chi connectivity index (χ0v) is 20.1. The van der Waals surface area contributed by atoms with Crippen molar-refractivity contribution in [3.63, 3.8) is 0 Å². The van der Waals surface area contributed by atoms with E-state index in [-0.39, 0.29) is 36.2 Å². The van der Waals surface area contributed by atoms with Gasteiger partial charge in [0.2, 0.25) is 5.91 Å². The largest absolute Gasteiger partial charge is 0.385 e. The SMILES string of the molecule is CCC(=O)N1CCN(C2NC(C3=CCC(NC(=O)c4ccccn4)C(C)=C3)C3C(N)=NC=CN32)C1. The Morgan fingerprint density at radius 1 is 1.29 bits per heavy atom. The van der Waals surface area contributed by atoms with Gasteiger partial charge in [-0.05, 0) is 31.1 Å². The van der Waals surface area contributed by atoms with E-state index in [1.54, 1.807) is 30.6 Å². The summed E-state index contributed by atoms with van der Waals surface area (Å²) in [5.74, 6) is 0.548. The molecule has 0 saturated carbocycles. The van der Waals surface area contributed by atoms with Gasteiger partial charge in [-0.25, -0.2) is 4.99 Å². The summed E-state index contributed by atoms with van der Waals surface area (Å²) in [5.41, 5.74) is 8.99. The number of carbonyl (C=O) groups excluding carboxylic acids is 2. The molecule has 4 aliphatic rings. The molecule has 35 heavy (non-hydrogen) atoms. The van der Waals surface area contributed by atoms with Crippen molar-refractivity contribution in [2.45, 2.75) is 51.1 Å². The van der Waals surface area contributed by atoms with Crippen LogP contribution in [0.25, 0.3) is 0 Å². The van der Waals surface area contributed by atoms with E-state index in [1.807, 2.05) is 24.9 Å². The quantitative estimate of drug-likeness (QED) is 0.573. The van der Waals surface area contributed by atoms with Crippen LogP contribution in [0, 0.1) is 0 Å². The van der Waals surface area contributed by atoms with Gasteiger partial charge in [0.15, 0.2) is 0 Å². The molecule has 5 rings (SSSR count). The van der Waals surface area contributed by atoms with E-state index >= 15 is 0 Å². The molecule has 4 heterocycles. The van der Waals surface area contributed by atoms with Crippen LogP contribution in [0.2, 0.25) is 0 Å². The molecule has 4 atom stereocenters. The number of pyridine rings is 1. The number of nitrogens with two attached hydrogens (primary N) is 1. The highest BCUT2D eigenvalue weighted by atomic mass is 16.2. The smallest absolute Gasteiger partial charge is 0.270 e. The first-order valence-electron chi connectivity index (χ1n) is 12.1. The Bertz CT molecular complexity index is 1110. The molecule has 3 aliphatic heterocycles. The van der Waals surface area contributed by atoms with Crippen LogP contribution in [0.4, 0.5) is 0 Å². The summed E-state index contributed by atoms with van der Waals surface area (Å²) in [6.45, 7) is 6.03. The number of amidine groups is 1. The predicted molar refractivity (Wildman–Crippen MR) is 133 cm³/mol. The Hall–Kier alpha value is -3.50. The van der Waals surface area contributed by atoms with Gasteiger partial charge in [-0.15, -0.1) is 0 Å². The number of amides is 2. The van der Waals surface area contributed by atoms with Crippen LogP contribution in [0.15, 0.2) is 65.1 Å². The molecule has 10 nitrogen and oxygen atoms in total. The van der Waals surface area contributed by atoms with E-state index in [0.717, 1.165) is 24.2 Å². The van der Waals surface area contributed by atoms with Crippen LogP contribution >= 0.6 is 0 Å². The highest BCUT2D eigenvalue weighted by Gasteiger charge is 2.47. The number of carbonyl (C=O) groups is 2. The lowest BCUT2D eigenvalue weighted by Crippen LogP contribution is -2.51. The summed E-state index contributed by atoms with van der Waals surface area (Å²) in [6.07, 6.45) is 10.7. The molecule has 0 spiro atoms. The van der Waals surface area contributed by atoms with Crippen LogP contribution < -0.4 is 16.4 Å². The van der Waals surface area contributed by atoms with Crippen LogP contribution in [0.3, 0.4) is 0 Å². The van der Waals surface area contributed by atoms with Gasteiger partial charge in [-0.2, -0.15) is 0 Å². The molecule has 1 aliphatic carbocycles. The monoisotopic (exact) mass is 476 g/mol. The zero-order valence-electron chi connectivity index (χ0n) is 20.1. The molecular formula is C25H32N8O2. The predicted octanol–water partition coefficient (Wildman–Crippen LogP) is 0.736. The molecule has 0 bridgehead atoms. The highest BCUT2D eigenvalue weighted by molar-refractivity contribution is 5.92. The molecule has 2 saturated heterocycles. The van der Waals surface area contributed by atoms with E-state index in [9.17, 15) is 9.59 Å². The van der Waals surface area contributed by atoms with Crippen LogP contribution in [-0.4, -0.2) is 81.5 Å². The number of hydrogen-bond donors (Lipinski definition) is 3. The Kier molecular flexibility index (Phi) is 6.40. The van der Waals surface area contributed by atoms with Gasteiger partial charge >= 0.3 is 0 Å². The first-order chi connectivity index (χ1) is 17.0. The number of aromatic nitrogens is 1. The van der Waals surface area contributed by atoms with Crippen molar-refractivity contribution in [1.82, 2.24) is 30.3 Å². The second kappa shape index (κ2) is 9.63. The van der Waals surface area contributed by atoms with Gasteiger partial charge in [0.05, 0.1) is 18.8 Å². The molecule has 184 valence electrons. The van der Waals surface area contributed by atoms with Crippen molar-refractivity contribution < 1.29 is 9.59 Å². The van der Waals surface area contributed by atoms with Gasteiger partial charge in [-0.3, -0.25) is 24.8 Å². The fourth-order valence-electron chi connectivity index (χ4n) is 5.22. The van der Waals surface area contributed by atoms with Gasteiger partial charge < -0.3 is 20.9 Å². The number of nitrogens with one attached hydrogen (secondary N) is 2. The Balaban J connectivity index is 1.31. The maximum atomic E-state index is 12.6. The van der Waals surface area contributed by atoms with Crippen molar-refractivity contribution >= 4 is 17.6 Å². The lowest BCUT2D eigenvalue weighted by Gasteiger charge is -2.34. The maximum Gasteiger partial charge on any atom is 0.270 e. The average molecular weight is 477 g/mol. The van der Waals surface area contributed by atoms with E-state index in [2.05, 4.69) is 42.6 Å². The molecule has 2 amide bonds. The second-order valence-corrected chi connectivity index (χ2v) is 9.30. The molecule has 10 heteroatoms. The molecule has 1 aromatic rings. The van der Waals surface area contributed by atoms with E-state index in [4.69, 9.17) is 5.73 Å². The Morgan fingerprint density at radius 3 is 2.89 bits per heavy atom. The van der Waals surface area contributed by atoms with Gasteiger partial charge in [0.1, 0.15) is 23.9 Å². The molecule has 4 unspecified atom stereocenters. The average Bonchev–Trinajstić information content (AvgIpc) is 3.51. The van der Waals surface area contributed by atoms with E-state index in [1.165, 1.54) is 0 Å². The second-order valence-electron chi connectivity index (χ2n) is 9.30. The molecule has 0 radical (unpaired) electrons. The lowest BCUT2D eigenvalue weighted by atomic mass is 9.89. The summed E-state index contributed by atoms with van der Waals surface area (Å²) in [5, 5.41) is 6.83. The third-order valence-corrected chi connectivity index (χ3v) is 7.12. The van der Waals surface area contributed by atoms with E-state index < -0.39 is 0 Å². The first-order valence-corrected chi connectivity index (χ1v) is 12.1. The fourth-order valence-corrected chi connectivity index (χ4v) is 5.22. The number of aliphatic imine (C=N–C) groups is 1. The minimum atomic E-state index is -0.181. The van der Waals surface area contributed by atoms with Crippen LogP contribution in [-0.2, 0) is 4.79 Å². The summed E-state index contributed by atoms with van der Waals surface area (Å²) < 4.78 is 0. The third kappa shape index (κ3) is 4.46. The summed E-state index contributed by atoms with van der Waals surface area (Å²) in [7, 11) is 0. The summed E-state index contributed by atoms with van der Waals surface area (Å²) in [6, 6.07) is 5.02. The topological polar surface area (TPSA) is 119 Å².